The Kier molecular flexibility index (Phi) is 4.81. The maximum atomic E-state index is 13.0. The number of nitro benzene ring substituents is 1. The number of amides is 2. The zero-order valence-electron chi connectivity index (χ0n) is 17.1. The molecule has 1 aliphatic heterocycles. The zero-order valence-corrected chi connectivity index (χ0v) is 17.1. The summed E-state index contributed by atoms with van der Waals surface area (Å²) in [5.74, 6) is -1.27. The van der Waals surface area contributed by atoms with Crippen molar-refractivity contribution in [3.05, 3.63) is 76.1 Å². The smallest absolute Gasteiger partial charge is 0.279 e. The number of para-hydroxylation sites is 1. The summed E-state index contributed by atoms with van der Waals surface area (Å²) in [6.07, 6.45) is 2.01. The Bertz CT molecular complexity index is 1500. The second-order valence-corrected chi connectivity index (χ2v) is 7.74. The second-order valence-electron chi connectivity index (χ2n) is 7.74. The first-order valence-electron chi connectivity index (χ1n) is 10.1. The number of aliphatic hydroxyl groups excluding tert-OH is 2. The molecular formula is C23H18N4O6. The minimum atomic E-state index is -1.12. The van der Waals surface area contributed by atoms with E-state index in [0.29, 0.717) is 11.1 Å². The predicted octanol–water partition coefficient (Wildman–Crippen LogP) is 1.95. The van der Waals surface area contributed by atoms with Crippen LogP contribution < -0.4 is 5.32 Å². The molecule has 4 aromatic rings. The van der Waals surface area contributed by atoms with Crippen molar-refractivity contribution in [3.63, 3.8) is 0 Å². The summed E-state index contributed by atoms with van der Waals surface area (Å²) < 4.78 is 1.54. The molecule has 1 atom stereocenters. The predicted molar refractivity (Wildman–Crippen MR) is 120 cm³/mol. The van der Waals surface area contributed by atoms with Gasteiger partial charge in [0.2, 0.25) is 0 Å². The molecule has 2 amide bonds. The van der Waals surface area contributed by atoms with Crippen LogP contribution in [-0.2, 0) is 16.1 Å². The number of fused-ring (bicyclic) bond motifs is 2. The maximum absolute atomic E-state index is 13.0. The van der Waals surface area contributed by atoms with E-state index in [0.717, 1.165) is 10.9 Å². The van der Waals surface area contributed by atoms with Crippen molar-refractivity contribution < 1.29 is 24.7 Å². The standard InChI is InChI=1S/C23H18N4O6/c28-11-12(29)9-26-10-15(19-17(26)6-3-7-18(19)27(32)33)21-20(22(30)25-23(21)31)14-8-24-16-5-2-1-4-13(14)16/h1-8,10,12,24,28-29H,9,11H2,(H,25,30,31). The van der Waals surface area contributed by atoms with E-state index in [4.69, 9.17) is 0 Å². The van der Waals surface area contributed by atoms with Gasteiger partial charge in [-0.2, -0.15) is 0 Å². The zero-order chi connectivity index (χ0) is 23.3. The second kappa shape index (κ2) is 7.69. The number of non-ortho nitro benzene ring substituents is 1. The van der Waals surface area contributed by atoms with E-state index in [-0.39, 0.29) is 34.3 Å². The third-order valence-corrected chi connectivity index (χ3v) is 5.76. The highest BCUT2D eigenvalue weighted by molar-refractivity contribution is 6.51. The van der Waals surface area contributed by atoms with Crippen molar-refractivity contribution in [2.75, 3.05) is 6.61 Å². The Morgan fingerprint density at radius 1 is 1.03 bits per heavy atom. The number of benzene rings is 2. The van der Waals surface area contributed by atoms with Crippen LogP contribution in [-0.4, -0.2) is 49.2 Å². The number of carbonyl (C=O) groups excluding carboxylic acids is 2. The van der Waals surface area contributed by atoms with Crippen molar-refractivity contribution in [3.8, 4) is 0 Å². The molecule has 0 aliphatic carbocycles. The molecule has 0 spiro atoms. The average molecular weight is 446 g/mol. The van der Waals surface area contributed by atoms with Crippen LogP contribution in [0, 0.1) is 10.1 Å². The summed E-state index contributed by atoms with van der Waals surface area (Å²) in [4.78, 5) is 40.2. The minimum Gasteiger partial charge on any atom is -0.394 e. The first-order chi connectivity index (χ1) is 15.9. The van der Waals surface area contributed by atoms with Crippen molar-refractivity contribution in [1.29, 1.82) is 0 Å². The van der Waals surface area contributed by atoms with Gasteiger partial charge in [-0.05, 0) is 12.1 Å². The van der Waals surface area contributed by atoms with Gasteiger partial charge < -0.3 is 19.8 Å². The number of aromatic nitrogens is 2. The topological polar surface area (TPSA) is 150 Å². The Hall–Kier alpha value is -4.28. The van der Waals surface area contributed by atoms with Gasteiger partial charge in [0.05, 0.1) is 46.2 Å². The van der Waals surface area contributed by atoms with Gasteiger partial charge >= 0.3 is 0 Å². The highest BCUT2D eigenvalue weighted by Crippen LogP contribution is 2.41. The molecule has 0 saturated heterocycles. The minimum absolute atomic E-state index is 0.0151. The first kappa shape index (κ1) is 20.6. The number of aromatic amines is 1. The first-order valence-corrected chi connectivity index (χ1v) is 10.1. The van der Waals surface area contributed by atoms with Crippen LogP contribution in [0.4, 0.5) is 5.69 Å². The third-order valence-electron chi connectivity index (χ3n) is 5.76. The SMILES string of the molecule is O=C1NC(=O)C(c2cn(CC(O)CO)c3cccc([N+](=O)[O-])c23)=C1c1c[nH]c2ccccc12. The summed E-state index contributed by atoms with van der Waals surface area (Å²) in [6.45, 7) is -0.564. The Labute approximate surface area is 185 Å². The monoisotopic (exact) mass is 446 g/mol. The molecule has 2 aromatic carbocycles. The molecule has 5 rings (SSSR count). The molecule has 10 heteroatoms. The van der Waals surface area contributed by atoms with Crippen molar-refractivity contribution in [2.45, 2.75) is 12.6 Å². The van der Waals surface area contributed by atoms with Crippen LogP contribution in [0.2, 0.25) is 0 Å². The summed E-state index contributed by atoms with van der Waals surface area (Å²) in [5.41, 5.74) is 1.75. The summed E-state index contributed by atoms with van der Waals surface area (Å²) in [6, 6.07) is 11.7. The third kappa shape index (κ3) is 3.20. The fourth-order valence-electron chi connectivity index (χ4n) is 4.36. The van der Waals surface area contributed by atoms with Gasteiger partial charge in [-0.25, -0.2) is 0 Å². The number of aliphatic hydroxyl groups is 2. The van der Waals surface area contributed by atoms with Gasteiger partial charge in [0, 0.05) is 40.5 Å². The van der Waals surface area contributed by atoms with Gasteiger partial charge in [-0.3, -0.25) is 25.0 Å². The average Bonchev–Trinajstić information content (AvgIpc) is 3.46. The van der Waals surface area contributed by atoms with Gasteiger partial charge in [0.25, 0.3) is 17.5 Å². The van der Waals surface area contributed by atoms with E-state index < -0.39 is 29.4 Å². The normalized spacial score (nSPS) is 15.0. The number of H-pyrrole nitrogens is 1. The van der Waals surface area contributed by atoms with Crippen molar-refractivity contribution in [1.82, 2.24) is 14.9 Å². The summed E-state index contributed by atoms with van der Waals surface area (Å²) >= 11 is 0. The quantitative estimate of drug-likeness (QED) is 0.202. The molecule has 10 nitrogen and oxygen atoms in total. The molecule has 1 unspecified atom stereocenters. The van der Waals surface area contributed by atoms with E-state index in [1.165, 1.54) is 22.9 Å². The van der Waals surface area contributed by atoms with E-state index in [2.05, 4.69) is 10.3 Å². The lowest BCUT2D eigenvalue weighted by Gasteiger charge is -2.09. The van der Waals surface area contributed by atoms with E-state index in [1.54, 1.807) is 12.3 Å². The summed E-state index contributed by atoms with van der Waals surface area (Å²) in [5, 5.41) is 34.3. The lowest BCUT2D eigenvalue weighted by Crippen LogP contribution is -2.22. The molecule has 0 fully saturated rings. The van der Waals surface area contributed by atoms with Crippen LogP contribution in [0.5, 0.6) is 0 Å². The maximum Gasteiger partial charge on any atom is 0.279 e. The van der Waals surface area contributed by atoms with Crippen molar-refractivity contribution in [2.24, 2.45) is 0 Å². The van der Waals surface area contributed by atoms with E-state index in [9.17, 15) is 29.9 Å². The molecule has 4 N–H and O–H groups in total. The Morgan fingerprint density at radius 3 is 2.48 bits per heavy atom. The van der Waals surface area contributed by atoms with Gasteiger partial charge in [0.15, 0.2) is 0 Å². The molecule has 1 aliphatic rings. The highest BCUT2D eigenvalue weighted by atomic mass is 16.6. The largest absolute Gasteiger partial charge is 0.394 e. The molecule has 166 valence electrons. The summed E-state index contributed by atoms with van der Waals surface area (Å²) in [7, 11) is 0. The number of rotatable bonds is 6. The Morgan fingerprint density at radius 2 is 1.76 bits per heavy atom. The van der Waals surface area contributed by atoms with E-state index >= 15 is 0 Å². The molecule has 0 bridgehead atoms. The van der Waals surface area contributed by atoms with Crippen LogP contribution in [0.15, 0.2) is 54.9 Å². The van der Waals surface area contributed by atoms with Crippen LogP contribution in [0.1, 0.15) is 11.1 Å². The highest BCUT2D eigenvalue weighted by Gasteiger charge is 2.36. The number of nitro groups is 1. The van der Waals surface area contributed by atoms with Gasteiger partial charge in [-0.15, -0.1) is 0 Å². The Balaban J connectivity index is 1.85. The number of hydrogen-bond donors (Lipinski definition) is 4. The van der Waals surface area contributed by atoms with Crippen LogP contribution in [0.25, 0.3) is 33.0 Å². The number of hydrogen-bond acceptors (Lipinski definition) is 6. The molecule has 0 saturated carbocycles. The fourth-order valence-corrected chi connectivity index (χ4v) is 4.36. The number of imide groups is 1. The lowest BCUT2D eigenvalue weighted by molar-refractivity contribution is -0.383. The number of nitrogens with one attached hydrogen (secondary N) is 2. The molecular weight excluding hydrogens is 428 g/mol. The number of carbonyl (C=O) groups is 2. The van der Waals surface area contributed by atoms with Gasteiger partial charge in [-0.1, -0.05) is 24.3 Å². The fraction of sp³-hybridized carbons (Fsp3) is 0.130. The van der Waals surface area contributed by atoms with Crippen LogP contribution in [0.3, 0.4) is 0 Å². The molecule has 33 heavy (non-hydrogen) atoms. The lowest BCUT2D eigenvalue weighted by atomic mass is 9.95. The van der Waals surface area contributed by atoms with Gasteiger partial charge in [0.1, 0.15) is 0 Å². The molecule has 0 radical (unpaired) electrons. The molecule has 3 heterocycles. The van der Waals surface area contributed by atoms with Crippen LogP contribution >= 0.6 is 0 Å². The number of nitrogens with zero attached hydrogens (tertiary/aromatic N) is 2. The van der Waals surface area contributed by atoms with E-state index in [1.807, 2.05) is 24.3 Å². The molecule has 2 aromatic heterocycles. The van der Waals surface area contributed by atoms with Crippen molar-refractivity contribution >= 4 is 50.5 Å².